The standard InChI is InChI=1S/C26H23FN2O/c1-26(2,3)29-24(18-8-4-5-9-19(18)25(29)30)22-20-10-6-7-11-21(20)28-23(22)16-12-14-17(27)15-13-16/h4-15,24,28H,1-3H3/t24-/m0/s1. The van der Waals surface area contributed by atoms with Crippen LogP contribution in [0.2, 0.25) is 0 Å². The first-order valence-corrected chi connectivity index (χ1v) is 10.2. The van der Waals surface area contributed by atoms with Gasteiger partial charge in [-0.25, -0.2) is 4.39 Å². The number of para-hydroxylation sites is 1. The van der Waals surface area contributed by atoms with E-state index in [1.165, 1.54) is 12.1 Å². The minimum atomic E-state index is -0.376. The number of H-pyrrole nitrogens is 1. The van der Waals surface area contributed by atoms with Gasteiger partial charge in [-0.05, 0) is 68.3 Å². The number of hydrogen-bond donors (Lipinski definition) is 1. The number of rotatable bonds is 2. The molecule has 150 valence electrons. The third kappa shape index (κ3) is 2.75. The van der Waals surface area contributed by atoms with Crippen LogP contribution in [0.1, 0.15) is 48.3 Å². The van der Waals surface area contributed by atoms with Crippen LogP contribution in [-0.2, 0) is 0 Å². The fraction of sp³-hybridized carbons (Fsp3) is 0.192. The molecule has 0 bridgehead atoms. The van der Waals surface area contributed by atoms with Crippen molar-refractivity contribution in [1.82, 2.24) is 9.88 Å². The molecule has 1 aliphatic rings. The van der Waals surface area contributed by atoms with Crippen molar-refractivity contribution in [2.75, 3.05) is 0 Å². The Hall–Kier alpha value is -3.40. The number of nitrogens with zero attached hydrogens (tertiary/aromatic N) is 1. The molecule has 1 amide bonds. The molecule has 0 aliphatic carbocycles. The van der Waals surface area contributed by atoms with E-state index in [0.29, 0.717) is 0 Å². The topological polar surface area (TPSA) is 36.1 Å². The summed E-state index contributed by atoms with van der Waals surface area (Å²) in [5.41, 5.74) is 5.23. The van der Waals surface area contributed by atoms with Gasteiger partial charge in [0.1, 0.15) is 5.82 Å². The molecule has 5 rings (SSSR count). The van der Waals surface area contributed by atoms with Crippen molar-refractivity contribution in [1.29, 1.82) is 0 Å². The zero-order valence-corrected chi connectivity index (χ0v) is 17.2. The van der Waals surface area contributed by atoms with E-state index in [2.05, 4.69) is 31.8 Å². The lowest BCUT2D eigenvalue weighted by molar-refractivity contribution is 0.0554. The third-order valence-electron chi connectivity index (χ3n) is 5.84. The summed E-state index contributed by atoms with van der Waals surface area (Å²) >= 11 is 0. The van der Waals surface area contributed by atoms with Crippen LogP contribution in [0.25, 0.3) is 22.2 Å². The SMILES string of the molecule is CC(C)(C)N1C(=O)c2ccccc2[C@H]1c1c(-c2ccc(F)cc2)[nH]c2ccccc12. The number of nitrogens with one attached hydrogen (secondary N) is 1. The normalized spacial score (nSPS) is 16.3. The van der Waals surface area contributed by atoms with Crippen LogP contribution in [0.15, 0.2) is 72.8 Å². The van der Waals surface area contributed by atoms with Gasteiger partial charge in [-0.3, -0.25) is 4.79 Å². The summed E-state index contributed by atoms with van der Waals surface area (Å²) in [7, 11) is 0. The van der Waals surface area contributed by atoms with E-state index in [1.807, 2.05) is 47.4 Å². The van der Waals surface area contributed by atoms with Gasteiger partial charge in [-0.1, -0.05) is 36.4 Å². The molecule has 1 atom stereocenters. The second-order valence-electron chi connectivity index (χ2n) is 8.80. The van der Waals surface area contributed by atoms with Crippen LogP contribution >= 0.6 is 0 Å². The predicted octanol–water partition coefficient (Wildman–Crippen LogP) is 6.32. The largest absolute Gasteiger partial charge is 0.354 e. The molecule has 1 aliphatic heterocycles. The molecule has 1 aromatic heterocycles. The predicted molar refractivity (Wildman–Crippen MR) is 118 cm³/mol. The lowest BCUT2D eigenvalue weighted by atomic mass is 9.91. The van der Waals surface area contributed by atoms with Crippen molar-refractivity contribution >= 4 is 16.8 Å². The number of aromatic nitrogens is 1. The molecular weight excluding hydrogens is 375 g/mol. The fourth-order valence-electron chi connectivity index (χ4n) is 4.58. The van der Waals surface area contributed by atoms with Crippen molar-refractivity contribution in [2.24, 2.45) is 0 Å². The second kappa shape index (κ2) is 6.56. The van der Waals surface area contributed by atoms with Gasteiger partial charge in [0.05, 0.1) is 11.7 Å². The quantitative estimate of drug-likeness (QED) is 0.421. The van der Waals surface area contributed by atoms with Crippen molar-refractivity contribution < 1.29 is 9.18 Å². The molecule has 4 heteroatoms. The van der Waals surface area contributed by atoms with Crippen molar-refractivity contribution in [3.8, 4) is 11.3 Å². The number of benzene rings is 3. The summed E-state index contributed by atoms with van der Waals surface area (Å²) < 4.78 is 13.6. The Morgan fingerprint density at radius 3 is 2.30 bits per heavy atom. The average Bonchev–Trinajstić information content (AvgIpc) is 3.24. The van der Waals surface area contributed by atoms with Gasteiger partial charge in [0.2, 0.25) is 0 Å². The first kappa shape index (κ1) is 18.6. The Morgan fingerprint density at radius 2 is 1.57 bits per heavy atom. The van der Waals surface area contributed by atoms with Gasteiger partial charge < -0.3 is 9.88 Å². The van der Waals surface area contributed by atoms with Crippen LogP contribution < -0.4 is 0 Å². The Balaban J connectivity index is 1.84. The average molecular weight is 398 g/mol. The van der Waals surface area contributed by atoms with Crippen LogP contribution in [0.5, 0.6) is 0 Å². The van der Waals surface area contributed by atoms with Crippen molar-refractivity contribution in [3.63, 3.8) is 0 Å². The Kier molecular flexibility index (Phi) is 4.07. The maximum atomic E-state index is 13.6. The molecule has 0 unspecified atom stereocenters. The van der Waals surface area contributed by atoms with E-state index in [-0.39, 0.29) is 23.3 Å². The molecule has 3 aromatic carbocycles. The monoisotopic (exact) mass is 398 g/mol. The summed E-state index contributed by atoms with van der Waals surface area (Å²) in [4.78, 5) is 19.0. The molecule has 0 fully saturated rings. The van der Waals surface area contributed by atoms with E-state index in [4.69, 9.17) is 0 Å². The van der Waals surface area contributed by atoms with E-state index in [9.17, 15) is 9.18 Å². The van der Waals surface area contributed by atoms with E-state index in [1.54, 1.807) is 12.1 Å². The van der Waals surface area contributed by atoms with E-state index >= 15 is 0 Å². The number of amides is 1. The fourth-order valence-corrected chi connectivity index (χ4v) is 4.58. The van der Waals surface area contributed by atoms with Gasteiger partial charge in [0.25, 0.3) is 5.91 Å². The summed E-state index contributed by atoms with van der Waals surface area (Å²) in [6.07, 6.45) is 0. The third-order valence-corrected chi connectivity index (χ3v) is 5.84. The highest BCUT2D eigenvalue weighted by molar-refractivity contribution is 6.02. The van der Waals surface area contributed by atoms with Gasteiger partial charge >= 0.3 is 0 Å². The van der Waals surface area contributed by atoms with Gasteiger partial charge in [0, 0.05) is 27.6 Å². The number of fused-ring (bicyclic) bond motifs is 2. The van der Waals surface area contributed by atoms with Crippen LogP contribution in [-0.4, -0.2) is 21.3 Å². The number of carbonyl (C=O) groups is 1. The highest BCUT2D eigenvalue weighted by Gasteiger charge is 2.44. The lowest BCUT2D eigenvalue weighted by Crippen LogP contribution is -2.44. The smallest absolute Gasteiger partial charge is 0.255 e. The summed E-state index contributed by atoms with van der Waals surface area (Å²) in [5, 5.41) is 1.07. The first-order valence-electron chi connectivity index (χ1n) is 10.2. The first-order chi connectivity index (χ1) is 14.4. The molecule has 0 spiro atoms. The zero-order chi connectivity index (χ0) is 21.0. The lowest BCUT2D eigenvalue weighted by Gasteiger charge is -2.38. The zero-order valence-electron chi connectivity index (χ0n) is 17.2. The Bertz CT molecular complexity index is 1260. The molecule has 1 N–H and O–H groups in total. The second-order valence-corrected chi connectivity index (χ2v) is 8.80. The molecule has 0 saturated heterocycles. The van der Waals surface area contributed by atoms with E-state index < -0.39 is 0 Å². The Labute approximate surface area is 175 Å². The van der Waals surface area contributed by atoms with Gasteiger partial charge in [-0.2, -0.15) is 0 Å². The van der Waals surface area contributed by atoms with Crippen molar-refractivity contribution in [3.05, 3.63) is 95.3 Å². The molecule has 2 heterocycles. The maximum absolute atomic E-state index is 13.6. The maximum Gasteiger partial charge on any atom is 0.255 e. The molecule has 30 heavy (non-hydrogen) atoms. The number of hydrogen-bond acceptors (Lipinski definition) is 1. The molecular formula is C26H23FN2O. The molecule has 0 radical (unpaired) electrons. The summed E-state index contributed by atoms with van der Waals surface area (Å²) in [5.74, 6) is -0.229. The molecule has 4 aromatic rings. The number of halogens is 1. The van der Waals surface area contributed by atoms with Crippen LogP contribution in [0.3, 0.4) is 0 Å². The highest BCUT2D eigenvalue weighted by atomic mass is 19.1. The molecule has 3 nitrogen and oxygen atoms in total. The minimum Gasteiger partial charge on any atom is -0.354 e. The number of aromatic amines is 1. The Morgan fingerprint density at radius 1 is 0.900 bits per heavy atom. The highest BCUT2D eigenvalue weighted by Crippen LogP contribution is 2.47. The van der Waals surface area contributed by atoms with Crippen molar-refractivity contribution in [2.45, 2.75) is 32.4 Å². The minimum absolute atomic E-state index is 0.0402. The van der Waals surface area contributed by atoms with Gasteiger partial charge in [-0.15, -0.1) is 0 Å². The number of carbonyl (C=O) groups excluding carboxylic acids is 1. The van der Waals surface area contributed by atoms with Gasteiger partial charge in [0.15, 0.2) is 0 Å². The van der Waals surface area contributed by atoms with Crippen LogP contribution in [0, 0.1) is 5.82 Å². The van der Waals surface area contributed by atoms with Crippen LogP contribution in [0.4, 0.5) is 4.39 Å². The summed E-state index contributed by atoms with van der Waals surface area (Å²) in [6, 6.07) is 22.3. The summed E-state index contributed by atoms with van der Waals surface area (Å²) in [6.45, 7) is 6.20. The van der Waals surface area contributed by atoms with E-state index in [0.717, 1.165) is 38.9 Å². The molecule has 0 saturated carbocycles.